The van der Waals surface area contributed by atoms with E-state index in [1.165, 1.54) is 0 Å². The normalized spacial score (nSPS) is 18.1. The number of piperidine rings is 1. The molecule has 3 rings (SSSR count). The summed E-state index contributed by atoms with van der Waals surface area (Å²) in [5, 5.41) is 14.4. The molecule has 1 aliphatic rings. The fourth-order valence-corrected chi connectivity index (χ4v) is 3.76. The summed E-state index contributed by atoms with van der Waals surface area (Å²) in [4.78, 5) is 31.4. The van der Waals surface area contributed by atoms with Gasteiger partial charge in [-0.1, -0.05) is 18.5 Å². The monoisotopic (exact) mass is 406 g/mol. The molecule has 3 N–H and O–H groups in total. The van der Waals surface area contributed by atoms with Crippen molar-refractivity contribution in [3.8, 4) is 0 Å². The van der Waals surface area contributed by atoms with Gasteiger partial charge in [-0.3, -0.25) is 4.79 Å². The van der Waals surface area contributed by atoms with Gasteiger partial charge in [0.1, 0.15) is 6.10 Å². The maximum Gasteiger partial charge on any atom is 0.317 e. The zero-order valence-corrected chi connectivity index (χ0v) is 17.0. The minimum Gasteiger partial charge on any atom is -0.383 e. The molecule has 0 spiro atoms. The first-order valence-electron chi connectivity index (χ1n) is 9.63. The average Bonchev–Trinajstić information content (AvgIpc) is 3.12. The third-order valence-electron chi connectivity index (χ3n) is 5.32. The molecule has 1 aromatic carbocycles. The number of hydrogen-bond donors (Lipinski definition) is 3. The number of aliphatic hydroxyl groups is 1. The molecule has 1 saturated heterocycles. The van der Waals surface area contributed by atoms with Gasteiger partial charge in [0.15, 0.2) is 0 Å². The number of urea groups is 1. The molecule has 2 atom stereocenters. The summed E-state index contributed by atoms with van der Waals surface area (Å²) in [6.07, 6.45) is 1.08. The van der Waals surface area contributed by atoms with Gasteiger partial charge < -0.3 is 25.2 Å². The second-order valence-corrected chi connectivity index (χ2v) is 7.74. The molecule has 2 aromatic rings. The smallest absolute Gasteiger partial charge is 0.317 e. The van der Waals surface area contributed by atoms with E-state index in [2.05, 4.69) is 10.3 Å². The Morgan fingerprint density at radius 2 is 2.21 bits per heavy atom. The lowest BCUT2D eigenvalue weighted by Gasteiger charge is -2.38. The van der Waals surface area contributed by atoms with Gasteiger partial charge >= 0.3 is 6.03 Å². The van der Waals surface area contributed by atoms with E-state index < -0.39 is 6.10 Å². The topological polar surface area (TPSA) is 88.7 Å². The predicted octanol–water partition coefficient (Wildman–Crippen LogP) is 2.72. The number of halogens is 1. The van der Waals surface area contributed by atoms with E-state index >= 15 is 0 Å². The van der Waals surface area contributed by atoms with Crippen LogP contribution >= 0.6 is 11.6 Å². The maximum atomic E-state index is 12.6. The summed E-state index contributed by atoms with van der Waals surface area (Å²) < 4.78 is 0. The molecule has 2 unspecified atom stereocenters. The summed E-state index contributed by atoms with van der Waals surface area (Å²) in [7, 11) is 1.75. The van der Waals surface area contributed by atoms with Crippen molar-refractivity contribution in [1.82, 2.24) is 20.1 Å². The number of rotatable bonds is 5. The van der Waals surface area contributed by atoms with Crippen LogP contribution in [0.2, 0.25) is 5.02 Å². The van der Waals surface area contributed by atoms with Crippen LogP contribution in [0.4, 0.5) is 4.79 Å². The summed E-state index contributed by atoms with van der Waals surface area (Å²) in [6, 6.07) is 7.32. The largest absolute Gasteiger partial charge is 0.383 e. The first-order valence-corrected chi connectivity index (χ1v) is 10.0. The number of fused-ring (bicyclic) bond motifs is 1. The van der Waals surface area contributed by atoms with Gasteiger partial charge in [0, 0.05) is 41.8 Å². The van der Waals surface area contributed by atoms with E-state index in [0.29, 0.717) is 31.1 Å². The lowest BCUT2D eigenvalue weighted by atomic mass is 10.0. The number of nitrogens with zero attached hydrogens (tertiary/aromatic N) is 2. The highest BCUT2D eigenvalue weighted by Crippen LogP contribution is 2.20. The van der Waals surface area contributed by atoms with Crippen molar-refractivity contribution in [2.24, 2.45) is 0 Å². The molecule has 7 nitrogen and oxygen atoms in total. The van der Waals surface area contributed by atoms with Crippen LogP contribution in [0.3, 0.4) is 0 Å². The van der Waals surface area contributed by atoms with E-state index in [-0.39, 0.29) is 18.0 Å². The van der Waals surface area contributed by atoms with E-state index in [9.17, 15) is 14.7 Å². The lowest BCUT2D eigenvalue weighted by Crippen LogP contribution is -2.54. The minimum atomic E-state index is -0.964. The second kappa shape index (κ2) is 8.84. The van der Waals surface area contributed by atoms with Crippen LogP contribution in [0.25, 0.3) is 10.9 Å². The molecule has 2 heterocycles. The van der Waals surface area contributed by atoms with E-state index in [1.54, 1.807) is 23.8 Å². The Labute approximate surface area is 169 Å². The third kappa shape index (κ3) is 4.59. The number of likely N-dealkylation sites (N-methyl/N-ethyl adjacent to an activating group) is 1. The Morgan fingerprint density at radius 3 is 2.96 bits per heavy atom. The van der Waals surface area contributed by atoms with Gasteiger partial charge in [-0.15, -0.1) is 0 Å². The molecule has 8 heteroatoms. The molecule has 1 fully saturated rings. The van der Waals surface area contributed by atoms with Crippen molar-refractivity contribution in [3.05, 3.63) is 35.0 Å². The highest BCUT2D eigenvalue weighted by molar-refractivity contribution is 6.31. The molecular weight excluding hydrogens is 380 g/mol. The van der Waals surface area contributed by atoms with Gasteiger partial charge in [0.05, 0.1) is 12.6 Å². The number of aliphatic hydroxyl groups excluding tert-OH is 1. The van der Waals surface area contributed by atoms with Crippen molar-refractivity contribution in [3.63, 3.8) is 0 Å². The zero-order valence-electron chi connectivity index (χ0n) is 16.2. The van der Waals surface area contributed by atoms with E-state index in [0.717, 1.165) is 29.4 Å². The van der Waals surface area contributed by atoms with Crippen LogP contribution in [0.1, 0.15) is 31.9 Å². The number of nitrogens with one attached hydrogen (secondary N) is 2. The number of aromatic amines is 1. The number of hydrogen-bond acceptors (Lipinski definition) is 3. The minimum absolute atomic E-state index is 0.0664. The molecule has 3 amide bonds. The molecule has 1 aliphatic heterocycles. The molecule has 0 radical (unpaired) electrons. The van der Waals surface area contributed by atoms with Gasteiger partial charge in [0.25, 0.3) is 5.91 Å². The van der Waals surface area contributed by atoms with Crippen molar-refractivity contribution >= 4 is 34.4 Å². The Bertz CT molecular complexity index is 853. The maximum absolute atomic E-state index is 12.6. The Balaban J connectivity index is 1.56. The number of carbonyl (C=O) groups excluding carboxylic acids is 2. The number of likely N-dealkylation sites (tertiary alicyclic amines) is 1. The highest BCUT2D eigenvalue weighted by atomic mass is 35.5. The molecule has 28 heavy (non-hydrogen) atoms. The molecule has 0 saturated carbocycles. The van der Waals surface area contributed by atoms with Crippen LogP contribution < -0.4 is 5.32 Å². The van der Waals surface area contributed by atoms with Crippen molar-refractivity contribution in [1.29, 1.82) is 0 Å². The van der Waals surface area contributed by atoms with Gasteiger partial charge in [0.2, 0.25) is 0 Å². The summed E-state index contributed by atoms with van der Waals surface area (Å²) in [5.41, 5.74) is 1.86. The van der Waals surface area contributed by atoms with Crippen molar-refractivity contribution < 1.29 is 14.7 Å². The SMILES string of the molecule is CCC(O)C(=O)N1CCCC(N(C)C(=O)NCc2cc3cc(Cl)ccc3[nH]2)C1. The first-order chi connectivity index (χ1) is 13.4. The first kappa shape index (κ1) is 20.5. The number of carbonyl (C=O) groups is 2. The molecule has 152 valence electrons. The number of aromatic nitrogens is 1. The van der Waals surface area contributed by atoms with Crippen LogP contribution in [0, 0.1) is 0 Å². The predicted molar refractivity (Wildman–Crippen MR) is 109 cm³/mol. The summed E-state index contributed by atoms with van der Waals surface area (Å²) in [6.45, 7) is 3.23. The molecule has 1 aromatic heterocycles. The van der Waals surface area contributed by atoms with Crippen LogP contribution in [0.5, 0.6) is 0 Å². The lowest BCUT2D eigenvalue weighted by molar-refractivity contribution is -0.142. The molecular formula is C20H27ClN4O3. The number of amides is 3. The summed E-state index contributed by atoms with van der Waals surface area (Å²) >= 11 is 6.01. The second-order valence-electron chi connectivity index (χ2n) is 7.30. The third-order valence-corrected chi connectivity index (χ3v) is 5.55. The van der Waals surface area contributed by atoms with Crippen LogP contribution in [-0.4, -0.2) is 64.1 Å². The van der Waals surface area contributed by atoms with Gasteiger partial charge in [-0.25, -0.2) is 4.79 Å². The standard InChI is InChI=1S/C20H27ClN4O3/c1-3-18(26)19(27)25-8-4-5-16(12-25)24(2)20(28)22-11-15-10-13-9-14(21)6-7-17(13)23-15/h6-7,9-10,16,18,23,26H,3-5,8,11-12H2,1-2H3,(H,22,28). The van der Waals surface area contributed by atoms with E-state index in [1.807, 2.05) is 24.3 Å². The Morgan fingerprint density at radius 1 is 1.43 bits per heavy atom. The van der Waals surface area contributed by atoms with Crippen LogP contribution in [0.15, 0.2) is 24.3 Å². The zero-order chi connectivity index (χ0) is 20.3. The number of benzene rings is 1. The van der Waals surface area contributed by atoms with Crippen molar-refractivity contribution in [2.45, 2.75) is 44.9 Å². The molecule has 0 aliphatic carbocycles. The highest BCUT2D eigenvalue weighted by Gasteiger charge is 2.30. The Kier molecular flexibility index (Phi) is 6.46. The summed E-state index contributed by atoms with van der Waals surface area (Å²) in [5.74, 6) is -0.252. The Hall–Kier alpha value is -2.25. The fourth-order valence-electron chi connectivity index (χ4n) is 3.58. The van der Waals surface area contributed by atoms with Gasteiger partial charge in [-0.2, -0.15) is 0 Å². The molecule has 0 bridgehead atoms. The quantitative estimate of drug-likeness (QED) is 0.713. The fraction of sp³-hybridized carbons (Fsp3) is 0.500. The van der Waals surface area contributed by atoms with Gasteiger partial charge in [-0.05, 0) is 43.5 Å². The van der Waals surface area contributed by atoms with Crippen molar-refractivity contribution in [2.75, 3.05) is 20.1 Å². The average molecular weight is 407 g/mol. The number of H-pyrrole nitrogens is 1. The van der Waals surface area contributed by atoms with E-state index in [4.69, 9.17) is 11.6 Å². The van der Waals surface area contributed by atoms with Crippen LogP contribution in [-0.2, 0) is 11.3 Å².